The third-order valence-corrected chi connectivity index (χ3v) is 3.75. The molecule has 21 heavy (non-hydrogen) atoms. The van der Waals surface area contributed by atoms with Crippen molar-refractivity contribution in [3.63, 3.8) is 0 Å². The van der Waals surface area contributed by atoms with E-state index in [9.17, 15) is 9.59 Å². The van der Waals surface area contributed by atoms with Crippen LogP contribution >= 0.6 is 0 Å². The Hall–Kier alpha value is -2.08. The van der Waals surface area contributed by atoms with Crippen molar-refractivity contribution in [3.05, 3.63) is 29.8 Å². The van der Waals surface area contributed by atoms with Crippen LogP contribution in [0, 0.1) is 0 Å². The van der Waals surface area contributed by atoms with Crippen LogP contribution in [-0.4, -0.2) is 41.6 Å². The van der Waals surface area contributed by atoms with Gasteiger partial charge < -0.3 is 20.5 Å². The molecule has 1 amide bonds. The van der Waals surface area contributed by atoms with Gasteiger partial charge in [0.1, 0.15) is 5.75 Å². The predicted molar refractivity (Wildman–Crippen MR) is 76.9 cm³/mol. The average Bonchev–Trinajstić information content (AvgIpc) is 2.95. The number of rotatable bonds is 5. The summed E-state index contributed by atoms with van der Waals surface area (Å²) in [4.78, 5) is 24.7. The average molecular weight is 292 g/mol. The first-order valence-electron chi connectivity index (χ1n) is 6.94. The molecule has 1 fully saturated rings. The molecule has 2 unspecified atom stereocenters. The fourth-order valence-corrected chi connectivity index (χ4v) is 2.69. The van der Waals surface area contributed by atoms with E-state index in [0.29, 0.717) is 6.54 Å². The molecule has 0 aliphatic carbocycles. The van der Waals surface area contributed by atoms with Gasteiger partial charge >= 0.3 is 5.97 Å². The minimum Gasteiger partial charge on any atom is -0.497 e. The van der Waals surface area contributed by atoms with Crippen LogP contribution in [0.1, 0.15) is 30.9 Å². The number of amides is 1. The lowest BCUT2D eigenvalue weighted by Gasteiger charge is -2.27. The predicted octanol–water partition coefficient (Wildman–Crippen LogP) is 1.16. The summed E-state index contributed by atoms with van der Waals surface area (Å²) < 4.78 is 5.12. The molecule has 1 aliphatic rings. The van der Waals surface area contributed by atoms with Crippen LogP contribution in [0.15, 0.2) is 24.3 Å². The number of carboxylic acids is 1. The van der Waals surface area contributed by atoms with Crippen molar-refractivity contribution in [3.8, 4) is 5.75 Å². The van der Waals surface area contributed by atoms with Gasteiger partial charge in [0, 0.05) is 6.54 Å². The second-order valence-electron chi connectivity index (χ2n) is 5.17. The van der Waals surface area contributed by atoms with Gasteiger partial charge in [0.05, 0.1) is 25.6 Å². The van der Waals surface area contributed by atoms with E-state index in [0.717, 1.165) is 24.2 Å². The number of nitrogens with zero attached hydrogens (tertiary/aromatic N) is 1. The van der Waals surface area contributed by atoms with Crippen LogP contribution in [0.4, 0.5) is 0 Å². The summed E-state index contributed by atoms with van der Waals surface area (Å²) in [7, 11) is 1.60. The van der Waals surface area contributed by atoms with Gasteiger partial charge in [-0.3, -0.25) is 9.59 Å². The minimum absolute atomic E-state index is 0.0387. The van der Waals surface area contributed by atoms with Gasteiger partial charge in [-0.25, -0.2) is 0 Å². The molecule has 0 saturated carbocycles. The Labute approximate surface area is 123 Å². The Balaban J connectivity index is 2.11. The molecule has 6 heteroatoms. The molecule has 0 aromatic heterocycles. The zero-order chi connectivity index (χ0) is 15.4. The number of methoxy groups -OCH3 is 1. The number of ether oxygens (including phenoxy) is 1. The molecular formula is C15H20N2O4. The molecule has 2 rings (SSSR count). The van der Waals surface area contributed by atoms with E-state index < -0.39 is 12.0 Å². The van der Waals surface area contributed by atoms with E-state index >= 15 is 0 Å². The van der Waals surface area contributed by atoms with E-state index in [1.807, 2.05) is 24.3 Å². The van der Waals surface area contributed by atoms with Crippen LogP contribution in [0.3, 0.4) is 0 Å². The number of benzene rings is 1. The van der Waals surface area contributed by atoms with Crippen LogP contribution < -0.4 is 10.5 Å². The molecule has 1 aromatic rings. The minimum atomic E-state index is -1.06. The number of carbonyl (C=O) groups excluding carboxylic acids is 1. The van der Waals surface area contributed by atoms with Crippen LogP contribution in [0.5, 0.6) is 5.75 Å². The Kier molecular flexibility index (Phi) is 4.80. The van der Waals surface area contributed by atoms with Gasteiger partial charge in [0.15, 0.2) is 0 Å². The standard InChI is InChI=1S/C15H20N2O4/c1-21-11-6-4-10(5-7-11)13-3-2-8-17(13)15(20)12(16)9-14(18)19/h4-7,12-13H,2-3,8-9,16H2,1H3,(H,18,19). The first kappa shape index (κ1) is 15.3. The number of nitrogens with two attached hydrogens (primary N) is 1. The van der Waals surface area contributed by atoms with Crippen LogP contribution in [0.2, 0.25) is 0 Å². The highest BCUT2D eigenvalue weighted by Crippen LogP contribution is 2.33. The summed E-state index contributed by atoms with van der Waals surface area (Å²) in [5.74, 6) is -0.594. The second kappa shape index (κ2) is 6.58. The zero-order valence-corrected chi connectivity index (χ0v) is 12.0. The summed E-state index contributed by atoms with van der Waals surface area (Å²) >= 11 is 0. The molecule has 2 atom stereocenters. The van der Waals surface area contributed by atoms with Crippen LogP contribution in [0.25, 0.3) is 0 Å². The summed E-state index contributed by atoms with van der Waals surface area (Å²) in [6.07, 6.45) is 1.41. The Bertz CT molecular complexity index is 515. The zero-order valence-electron chi connectivity index (χ0n) is 12.0. The molecule has 3 N–H and O–H groups in total. The SMILES string of the molecule is COc1ccc(C2CCCN2C(=O)C(N)CC(=O)O)cc1. The number of aliphatic carboxylic acids is 1. The molecule has 114 valence electrons. The maximum absolute atomic E-state index is 12.3. The Morgan fingerprint density at radius 1 is 1.43 bits per heavy atom. The Morgan fingerprint density at radius 2 is 2.10 bits per heavy atom. The second-order valence-corrected chi connectivity index (χ2v) is 5.17. The monoisotopic (exact) mass is 292 g/mol. The van der Waals surface area contributed by atoms with E-state index in [4.69, 9.17) is 15.6 Å². The molecule has 1 aliphatic heterocycles. The van der Waals surface area contributed by atoms with Gasteiger partial charge in [-0.15, -0.1) is 0 Å². The van der Waals surface area contributed by atoms with Crippen LogP contribution in [-0.2, 0) is 9.59 Å². The molecule has 0 spiro atoms. The van der Waals surface area contributed by atoms with Gasteiger partial charge in [-0.2, -0.15) is 0 Å². The maximum Gasteiger partial charge on any atom is 0.305 e. The fraction of sp³-hybridized carbons (Fsp3) is 0.467. The lowest BCUT2D eigenvalue weighted by atomic mass is 10.0. The molecular weight excluding hydrogens is 272 g/mol. The first-order valence-corrected chi connectivity index (χ1v) is 6.94. The van der Waals surface area contributed by atoms with Gasteiger partial charge in [-0.1, -0.05) is 12.1 Å². The van der Waals surface area contributed by atoms with E-state index in [1.54, 1.807) is 12.0 Å². The number of hydrogen-bond donors (Lipinski definition) is 2. The van der Waals surface area contributed by atoms with Crippen molar-refractivity contribution in [1.82, 2.24) is 4.90 Å². The van der Waals surface area contributed by atoms with Gasteiger partial charge in [0.2, 0.25) is 5.91 Å². The van der Waals surface area contributed by atoms with Crippen molar-refractivity contribution in [1.29, 1.82) is 0 Å². The molecule has 1 aromatic carbocycles. The van der Waals surface area contributed by atoms with Crippen molar-refractivity contribution < 1.29 is 19.4 Å². The maximum atomic E-state index is 12.3. The van der Waals surface area contributed by atoms with Gasteiger partial charge in [0.25, 0.3) is 0 Å². The lowest BCUT2D eigenvalue weighted by Crippen LogP contribution is -2.44. The quantitative estimate of drug-likeness (QED) is 0.849. The van der Waals surface area contributed by atoms with E-state index in [2.05, 4.69) is 0 Å². The fourth-order valence-electron chi connectivity index (χ4n) is 2.69. The summed E-state index contributed by atoms with van der Waals surface area (Å²) in [5, 5.41) is 8.75. The topological polar surface area (TPSA) is 92.9 Å². The number of likely N-dealkylation sites (tertiary alicyclic amines) is 1. The normalized spacial score (nSPS) is 19.3. The summed E-state index contributed by atoms with van der Waals surface area (Å²) in [6, 6.07) is 6.54. The highest BCUT2D eigenvalue weighted by molar-refractivity contribution is 5.86. The molecule has 0 radical (unpaired) electrons. The highest BCUT2D eigenvalue weighted by Gasteiger charge is 2.33. The number of carboxylic acid groups (broad SMARTS) is 1. The van der Waals surface area contributed by atoms with E-state index in [1.165, 1.54) is 0 Å². The largest absolute Gasteiger partial charge is 0.497 e. The summed E-state index contributed by atoms with van der Waals surface area (Å²) in [6.45, 7) is 0.614. The van der Waals surface area contributed by atoms with Gasteiger partial charge in [-0.05, 0) is 30.5 Å². The smallest absolute Gasteiger partial charge is 0.305 e. The summed E-state index contributed by atoms with van der Waals surface area (Å²) in [5.41, 5.74) is 6.71. The van der Waals surface area contributed by atoms with E-state index in [-0.39, 0.29) is 18.4 Å². The highest BCUT2D eigenvalue weighted by atomic mass is 16.5. The lowest BCUT2D eigenvalue weighted by molar-refractivity contribution is -0.142. The number of carbonyl (C=O) groups is 2. The van der Waals surface area contributed by atoms with Crippen molar-refractivity contribution in [2.45, 2.75) is 31.3 Å². The third kappa shape index (κ3) is 3.52. The Morgan fingerprint density at radius 3 is 2.67 bits per heavy atom. The third-order valence-electron chi connectivity index (χ3n) is 3.75. The molecule has 0 bridgehead atoms. The molecule has 6 nitrogen and oxygen atoms in total. The van der Waals surface area contributed by atoms with Crippen molar-refractivity contribution in [2.75, 3.05) is 13.7 Å². The molecule has 1 heterocycles. The molecule has 1 saturated heterocycles. The van der Waals surface area contributed by atoms with Crippen molar-refractivity contribution in [2.24, 2.45) is 5.73 Å². The number of hydrogen-bond acceptors (Lipinski definition) is 4. The first-order chi connectivity index (χ1) is 10.0. The van der Waals surface area contributed by atoms with Crippen molar-refractivity contribution >= 4 is 11.9 Å².